The molecule has 184 valence electrons. The van der Waals surface area contributed by atoms with Crippen LogP contribution in [0.2, 0.25) is 0 Å². The number of hydrogen-bond donors (Lipinski definition) is 3. The molecule has 3 N–H and O–H groups in total. The summed E-state index contributed by atoms with van der Waals surface area (Å²) in [6.07, 6.45) is 1.37. The van der Waals surface area contributed by atoms with Gasteiger partial charge in [-0.05, 0) is 35.7 Å². The Balaban J connectivity index is 1.66. The number of phenolic OH excluding ortho intramolecular Hbond substituents is 1. The lowest BCUT2D eigenvalue weighted by atomic mass is 9.94. The van der Waals surface area contributed by atoms with E-state index >= 15 is 0 Å². The molecule has 0 aliphatic carbocycles. The Morgan fingerprint density at radius 3 is 2.36 bits per heavy atom. The molecular weight excluding hydrogens is 458 g/mol. The van der Waals surface area contributed by atoms with Gasteiger partial charge in [0.2, 0.25) is 0 Å². The van der Waals surface area contributed by atoms with Crippen LogP contribution < -0.4 is 5.32 Å². The minimum atomic E-state index is -1.03. The summed E-state index contributed by atoms with van der Waals surface area (Å²) in [4.78, 5) is 24.0. The van der Waals surface area contributed by atoms with Crippen LogP contribution in [0.5, 0.6) is 5.75 Å². The molecule has 4 aromatic carbocycles. The van der Waals surface area contributed by atoms with Crippen molar-refractivity contribution in [1.29, 1.82) is 0 Å². The average Bonchev–Trinajstić information content (AvgIpc) is 2.88. The highest BCUT2D eigenvalue weighted by Crippen LogP contribution is 2.36. The number of anilines is 1. The molecule has 0 fully saturated rings. The fourth-order valence-electron chi connectivity index (χ4n) is 4.32. The van der Waals surface area contributed by atoms with Gasteiger partial charge in [0, 0.05) is 29.5 Å². The first kappa shape index (κ1) is 24.8. The second-order valence-corrected chi connectivity index (χ2v) is 8.29. The SMILES string of the molecule is CO[C@H](CC/C=C/C(=O)O)[C@H](OC(=O)Nc1cccc2ccccc12)c1ccc(O)c2ccccc12. The van der Waals surface area contributed by atoms with E-state index in [1.165, 1.54) is 13.2 Å². The largest absolute Gasteiger partial charge is 0.507 e. The lowest BCUT2D eigenvalue weighted by Crippen LogP contribution is -2.28. The summed E-state index contributed by atoms with van der Waals surface area (Å²) in [6.45, 7) is 0. The number of phenols is 1. The van der Waals surface area contributed by atoms with Crippen molar-refractivity contribution in [2.75, 3.05) is 12.4 Å². The molecule has 0 bridgehead atoms. The molecule has 4 rings (SSSR count). The van der Waals surface area contributed by atoms with Gasteiger partial charge in [0.1, 0.15) is 5.75 Å². The number of carboxylic acids is 1. The number of carboxylic acid groups (broad SMARTS) is 1. The van der Waals surface area contributed by atoms with E-state index in [0.717, 1.165) is 22.2 Å². The number of carbonyl (C=O) groups is 2. The van der Waals surface area contributed by atoms with Gasteiger partial charge in [-0.1, -0.05) is 72.8 Å². The zero-order valence-electron chi connectivity index (χ0n) is 19.8. The third-order valence-corrected chi connectivity index (χ3v) is 6.02. The van der Waals surface area contributed by atoms with Gasteiger partial charge in [-0.3, -0.25) is 5.32 Å². The van der Waals surface area contributed by atoms with Crippen molar-refractivity contribution in [3.63, 3.8) is 0 Å². The number of aliphatic carboxylic acids is 1. The summed E-state index contributed by atoms with van der Waals surface area (Å²) in [5.41, 5.74) is 1.29. The number of fused-ring (bicyclic) bond motifs is 2. The van der Waals surface area contributed by atoms with Gasteiger partial charge in [0.05, 0.1) is 11.8 Å². The number of carbonyl (C=O) groups excluding carboxylic acids is 1. The lowest BCUT2D eigenvalue weighted by Gasteiger charge is -2.27. The highest BCUT2D eigenvalue weighted by atomic mass is 16.6. The van der Waals surface area contributed by atoms with E-state index in [0.29, 0.717) is 29.5 Å². The number of nitrogens with one attached hydrogen (secondary N) is 1. The molecular formula is C29H27NO6. The van der Waals surface area contributed by atoms with E-state index in [2.05, 4.69) is 5.32 Å². The van der Waals surface area contributed by atoms with Crippen LogP contribution >= 0.6 is 0 Å². The van der Waals surface area contributed by atoms with Crippen LogP contribution in [-0.2, 0) is 14.3 Å². The number of ether oxygens (including phenoxy) is 2. The molecule has 2 atom stereocenters. The number of amides is 1. The second-order valence-electron chi connectivity index (χ2n) is 8.29. The minimum Gasteiger partial charge on any atom is -0.507 e. The topological polar surface area (TPSA) is 105 Å². The van der Waals surface area contributed by atoms with Crippen LogP contribution in [0.4, 0.5) is 10.5 Å². The summed E-state index contributed by atoms with van der Waals surface area (Å²) in [5, 5.41) is 25.3. The minimum absolute atomic E-state index is 0.117. The van der Waals surface area contributed by atoms with Crippen molar-refractivity contribution >= 4 is 39.3 Å². The molecule has 4 aromatic rings. The van der Waals surface area contributed by atoms with Gasteiger partial charge >= 0.3 is 12.1 Å². The van der Waals surface area contributed by atoms with Crippen molar-refractivity contribution in [2.24, 2.45) is 0 Å². The van der Waals surface area contributed by atoms with Gasteiger partial charge in [0.15, 0.2) is 6.10 Å². The Morgan fingerprint density at radius 1 is 0.917 bits per heavy atom. The molecule has 0 saturated carbocycles. The first-order chi connectivity index (χ1) is 17.5. The molecule has 0 aromatic heterocycles. The van der Waals surface area contributed by atoms with Gasteiger partial charge in [-0.2, -0.15) is 0 Å². The maximum atomic E-state index is 13.2. The standard InChI is InChI=1S/C29H27NO6/c1-35-26(15-6-7-16-27(32)33)28(23-17-18-25(31)22-13-5-4-12-21(22)23)36-29(34)30-24-14-8-10-19-9-2-3-11-20(19)24/h2-5,7-14,16-18,26,28,31H,6,15H2,1H3,(H,30,34)(H,32,33)/b16-7+/t26-,28-/m1/s1. The zero-order valence-corrected chi connectivity index (χ0v) is 19.8. The Bertz CT molecular complexity index is 1410. The molecule has 0 unspecified atom stereocenters. The quantitative estimate of drug-likeness (QED) is 0.236. The van der Waals surface area contributed by atoms with Crippen molar-refractivity contribution in [1.82, 2.24) is 0 Å². The molecule has 1 amide bonds. The summed E-state index contributed by atoms with van der Waals surface area (Å²) in [5.74, 6) is -0.914. The summed E-state index contributed by atoms with van der Waals surface area (Å²) < 4.78 is 11.7. The van der Waals surface area contributed by atoms with Crippen molar-refractivity contribution < 1.29 is 29.3 Å². The van der Waals surface area contributed by atoms with Crippen molar-refractivity contribution in [3.05, 3.63) is 96.6 Å². The molecule has 7 nitrogen and oxygen atoms in total. The average molecular weight is 486 g/mol. The first-order valence-corrected chi connectivity index (χ1v) is 11.6. The summed E-state index contributed by atoms with van der Waals surface area (Å²) >= 11 is 0. The van der Waals surface area contributed by atoms with Crippen molar-refractivity contribution in [3.8, 4) is 5.75 Å². The summed E-state index contributed by atoms with van der Waals surface area (Å²) in [6, 6.07) is 23.9. The Kier molecular flexibility index (Phi) is 7.82. The molecule has 0 spiro atoms. The zero-order chi connectivity index (χ0) is 25.5. The van der Waals surface area contributed by atoms with E-state index in [1.54, 1.807) is 24.3 Å². The third-order valence-electron chi connectivity index (χ3n) is 6.02. The number of methoxy groups -OCH3 is 1. The first-order valence-electron chi connectivity index (χ1n) is 11.6. The molecule has 0 saturated heterocycles. The van der Waals surface area contributed by atoms with Crippen LogP contribution in [0.15, 0.2) is 91.0 Å². The van der Waals surface area contributed by atoms with Crippen LogP contribution in [-0.4, -0.2) is 35.5 Å². The molecule has 0 radical (unpaired) electrons. The number of rotatable bonds is 9. The van der Waals surface area contributed by atoms with Gasteiger partial charge in [0.25, 0.3) is 0 Å². The van der Waals surface area contributed by atoms with Gasteiger partial charge in [-0.25, -0.2) is 9.59 Å². The number of benzene rings is 4. The van der Waals surface area contributed by atoms with Gasteiger partial charge in [-0.15, -0.1) is 0 Å². The smallest absolute Gasteiger partial charge is 0.412 e. The van der Waals surface area contributed by atoms with E-state index in [1.807, 2.05) is 54.6 Å². The predicted octanol–water partition coefficient (Wildman–Crippen LogP) is 6.42. The molecule has 7 heteroatoms. The molecule has 0 heterocycles. The predicted molar refractivity (Wildman–Crippen MR) is 139 cm³/mol. The second kappa shape index (κ2) is 11.4. The normalized spacial score (nSPS) is 13.0. The molecule has 36 heavy (non-hydrogen) atoms. The fraction of sp³-hybridized carbons (Fsp3) is 0.172. The number of allylic oxidation sites excluding steroid dienone is 1. The van der Waals surface area contributed by atoms with Crippen LogP contribution in [0.3, 0.4) is 0 Å². The maximum Gasteiger partial charge on any atom is 0.412 e. The Labute approximate surface area is 208 Å². The Hall–Kier alpha value is -4.36. The molecule has 0 aliphatic rings. The van der Waals surface area contributed by atoms with Crippen LogP contribution in [0.1, 0.15) is 24.5 Å². The Morgan fingerprint density at radius 2 is 1.61 bits per heavy atom. The molecule has 0 aliphatic heterocycles. The van der Waals surface area contributed by atoms with E-state index in [9.17, 15) is 14.7 Å². The maximum absolute atomic E-state index is 13.2. The summed E-state index contributed by atoms with van der Waals surface area (Å²) in [7, 11) is 1.52. The number of aromatic hydroxyl groups is 1. The van der Waals surface area contributed by atoms with E-state index < -0.39 is 24.3 Å². The highest BCUT2D eigenvalue weighted by Gasteiger charge is 2.29. The van der Waals surface area contributed by atoms with Crippen molar-refractivity contribution in [2.45, 2.75) is 25.0 Å². The number of hydrogen-bond acceptors (Lipinski definition) is 5. The highest BCUT2D eigenvalue weighted by molar-refractivity contribution is 6.00. The lowest BCUT2D eigenvalue weighted by molar-refractivity contribution is -0.131. The van der Waals surface area contributed by atoms with E-state index in [-0.39, 0.29) is 5.75 Å². The van der Waals surface area contributed by atoms with Gasteiger partial charge < -0.3 is 19.7 Å². The monoisotopic (exact) mass is 485 g/mol. The fourth-order valence-corrected chi connectivity index (χ4v) is 4.32. The third kappa shape index (κ3) is 5.64. The van der Waals surface area contributed by atoms with Crippen LogP contribution in [0, 0.1) is 0 Å². The van der Waals surface area contributed by atoms with E-state index in [4.69, 9.17) is 14.6 Å². The van der Waals surface area contributed by atoms with Crippen LogP contribution in [0.25, 0.3) is 21.5 Å².